The first-order chi connectivity index (χ1) is 16.0. The van der Waals surface area contributed by atoms with E-state index in [2.05, 4.69) is 28.2 Å². The topological polar surface area (TPSA) is 70.2 Å². The summed E-state index contributed by atoms with van der Waals surface area (Å²) >= 11 is 5.00. The predicted molar refractivity (Wildman–Crippen MR) is 130 cm³/mol. The van der Waals surface area contributed by atoms with Gasteiger partial charge in [-0.25, -0.2) is 14.4 Å². The van der Waals surface area contributed by atoms with Crippen LogP contribution in [-0.2, 0) is 4.79 Å². The average Bonchev–Trinajstić information content (AvgIpc) is 3.29. The summed E-state index contributed by atoms with van der Waals surface area (Å²) in [4.78, 5) is 18.0. The molecule has 9 heteroatoms. The average molecular weight is 527 g/mol. The van der Waals surface area contributed by atoms with Crippen LogP contribution in [-0.4, -0.2) is 21.8 Å². The van der Waals surface area contributed by atoms with E-state index in [-0.39, 0.29) is 11.7 Å². The summed E-state index contributed by atoms with van der Waals surface area (Å²) in [5.74, 6) is 1.45. The second-order valence-electron chi connectivity index (χ2n) is 7.63. The number of nitrogens with zero attached hydrogens (tertiary/aromatic N) is 3. The van der Waals surface area contributed by atoms with Gasteiger partial charge in [0.15, 0.2) is 10.9 Å². The molecule has 0 bridgehead atoms. The number of hydrazone groups is 1. The van der Waals surface area contributed by atoms with Crippen LogP contribution in [0.15, 0.2) is 73.6 Å². The molecule has 1 atom stereocenters. The molecule has 1 aromatic heterocycles. The fraction of sp³-hybridized carbons (Fsp3) is 0.208. The van der Waals surface area contributed by atoms with Crippen molar-refractivity contribution in [1.29, 1.82) is 0 Å². The quantitative estimate of drug-likeness (QED) is 0.496. The number of thioether (sulfide) groups is 1. The van der Waals surface area contributed by atoms with E-state index in [9.17, 15) is 9.18 Å². The van der Waals surface area contributed by atoms with Crippen molar-refractivity contribution in [2.75, 3.05) is 5.75 Å². The molecule has 1 N–H and O–H groups in total. The van der Waals surface area contributed by atoms with Crippen molar-refractivity contribution in [3.63, 3.8) is 0 Å². The Hall–Kier alpha value is -2.91. The summed E-state index contributed by atoms with van der Waals surface area (Å²) < 4.78 is 20.3. The summed E-state index contributed by atoms with van der Waals surface area (Å²) in [5.41, 5.74) is 1.17. The van der Waals surface area contributed by atoms with Gasteiger partial charge in [0.05, 0.1) is 5.36 Å². The van der Waals surface area contributed by atoms with E-state index >= 15 is 0 Å². The molecule has 0 saturated carbocycles. The van der Waals surface area contributed by atoms with Gasteiger partial charge < -0.3 is 4.42 Å². The molecule has 6 nitrogen and oxygen atoms in total. The number of rotatable bonds is 5. The SMILES string of the molecule is CCCCSC1=NN2C(=c3cc(Br)ccc3=N[C@H]2c2ccc(-c3ccc(F)cc3)o2)C(=O)N1. The third-order valence-electron chi connectivity index (χ3n) is 5.32. The Morgan fingerprint density at radius 3 is 2.79 bits per heavy atom. The summed E-state index contributed by atoms with van der Waals surface area (Å²) in [5, 5.41) is 11.2. The first-order valence-corrected chi connectivity index (χ1v) is 12.4. The molecule has 5 rings (SSSR count). The van der Waals surface area contributed by atoms with Crippen LogP contribution in [0, 0.1) is 5.82 Å². The lowest BCUT2D eigenvalue weighted by atomic mass is 10.1. The maximum atomic E-state index is 13.3. The third-order valence-corrected chi connectivity index (χ3v) is 6.76. The van der Waals surface area contributed by atoms with Gasteiger partial charge in [-0.1, -0.05) is 41.0 Å². The number of carbonyl (C=O) groups excluding carboxylic acids is 1. The van der Waals surface area contributed by atoms with E-state index in [0.29, 0.717) is 33.0 Å². The van der Waals surface area contributed by atoms with Crippen LogP contribution >= 0.6 is 27.7 Å². The molecule has 33 heavy (non-hydrogen) atoms. The maximum Gasteiger partial charge on any atom is 0.276 e. The standard InChI is InChI=1S/C24H20BrFN4O2S/c1-2-3-12-33-24-28-23(31)21-17-13-15(25)6-9-18(17)27-22(30(21)29-24)20-11-10-19(32-20)14-4-7-16(26)8-5-14/h4-11,13,22H,2-3,12H2,1H3,(H,28,29,31)/t22-/m1/s1. The van der Waals surface area contributed by atoms with Crippen LogP contribution in [0.3, 0.4) is 0 Å². The van der Waals surface area contributed by atoms with Gasteiger partial charge in [-0.15, -0.1) is 5.10 Å². The van der Waals surface area contributed by atoms with Crippen LogP contribution in [0.1, 0.15) is 31.7 Å². The molecule has 3 heterocycles. The second-order valence-corrected chi connectivity index (χ2v) is 9.63. The fourth-order valence-corrected chi connectivity index (χ4v) is 4.97. The summed E-state index contributed by atoms with van der Waals surface area (Å²) in [6.07, 6.45) is 1.45. The number of furan rings is 1. The van der Waals surface area contributed by atoms with Gasteiger partial charge in [0.2, 0.25) is 6.17 Å². The molecule has 0 unspecified atom stereocenters. The van der Waals surface area contributed by atoms with Crippen LogP contribution in [0.4, 0.5) is 4.39 Å². The summed E-state index contributed by atoms with van der Waals surface area (Å²) in [6, 6.07) is 15.4. The predicted octanol–water partition coefficient (Wildman–Crippen LogP) is 4.52. The van der Waals surface area contributed by atoms with Crippen LogP contribution < -0.4 is 15.9 Å². The third kappa shape index (κ3) is 4.35. The molecule has 0 saturated heterocycles. The van der Waals surface area contributed by atoms with Gasteiger partial charge in [-0.2, -0.15) is 0 Å². The van der Waals surface area contributed by atoms with Gasteiger partial charge in [-0.05, 0) is 61.0 Å². The molecule has 168 valence electrons. The molecule has 2 aliphatic rings. The first kappa shape index (κ1) is 21.9. The van der Waals surface area contributed by atoms with Gasteiger partial charge >= 0.3 is 0 Å². The maximum absolute atomic E-state index is 13.3. The van der Waals surface area contributed by atoms with E-state index in [1.807, 2.05) is 30.3 Å². The number of amides is 1. The Labute approximate surface area is 202 Å². The zero-order valence-corrected chi connectivity index (χ0v) is 20.1. The number of fused-ring (bicyclic) bond motifs is 2. The Morgan fingerprint density at radius 1 is 1.18 bits per heavy atom. The lowest BCUT2D eigenvalue weighted by molar-refractivity contribution is -0.116. The lowest BCUT2D eigenvalue weighted by Crippen LogP contribution is -2.50. The van der Waals surface area contributed by atoms with Crippen molar-refractivity contribution < 1.29 is 13.6 Å². The number of nitrogens with one attached hydrogen (secondary N) is 1. The van der Waals surface area contributed by atoms with Crippen molar-refractivity contribution in [2.45, 2.75) is 25.9 Å². The monoisotopic (exact) mass is 526 g/mol. The van der Waals surface area contributed by atoms with E-state index in [0.717, 1.165) is 28.6 Å². The molecule has 2 aliphatic heterocycles. The van der Waals surface area contributed by atoms with Crippen molar-refractivity contribution in [3.8, 4) is 11.3 Å². The number of amidine groups is 1. The van der Waals surface area contributed by atoms with Crippen molar-refractivity contribution in [3.05, 3.63) is 81.2 Å². The molecule has 0 aliphatic carbocycles. The molecule has 3 aromatic rings. The molecule has 1 amide bonds. The Kier molecular flexibility index (Phi) is 6.07. The molecule has 2 aromatic carbocycles. The van der Waals surface area contributed by atoms with Gasteiger partial charge in [0.25, 0.3) is 5.91 Å². The summed E-state index contributed by atoms with van der Waals surface area (Å²) in [6.45, 7) is 2.12. The zero-order chi connectivity index (χ0) is 22.9. The number of halogens is 2. The highest BCUT2D eigenvalue weighted by molar-refractivity contribution is 9.10. The first-order valence-electron chi connectivity index (χ1n) is 10.6. The number of benzene rings is 2. The minimum absolute atomic E-state index is 0.228. The molecule has 0 radical (unpaired) electrons. The number of hydrogen-bond donors (Lipinski definition) is 1. The van der Waals surface area contributed by atoms with Gasteiger partial charge in [-0.3, -0.25) is 10.1 Å². The van der Waals surface area contributed by atoms with Crippen molar-refractivity contribution in [2.24, 2.45) is 10.1 Å². The van der Waals surface area contributed by atoms with E-state index in [1.165, 1.54) is 23.9 Å². The molecular formula is C24H20BrFN4O2S. The summed E-state index contributed by atoms with van der Waals surface area (Å²) in [7, 11) is 0. The van der Waals surface area contributed by atoms with Crippen molar-refractivity contribution >= 4 is 44.5 Å². The van der Waals surface area contributed by atoms with E-state index < -0.39 is 6.17 Å². The largest absolute Gasteiger partial charge is 0.457 e. The van der Waals surface area contributed by atoms with Crippen LogP contribution in [0.5, 0.6) is 0 Å². The highest BCUT2D eigenvalue weighted by Gasteiger charge is 2.36. The van der Waals surface area contributed by atoms with Gasteiger partial charge in [0.1, 0.15) is 17.3 Å². The molecule has 0 fully saturated rings. The number of unbranched alkanes of at least 4 members (excludes halogenated alkanes) is 1. The smallest absolute Gasteiger partial charge is 0.276 e. The Balaban J connectivity index is 1.60. The number of carbonyl (C=O) groups is 1. The highest BCUT2D eigenvalue weighted by Crippen LogP contribution is 2.34. The second kappa shape index (κ2) is 9.15. The van der Waals surface area contributed by atoms with E-state index in [4.69, 9.17) is 14.5 Å². The van der Waals surface area contributed by atoms with Crippen molar-refractivity contribution in [1.82, 2.24) is 10.3 Å². The lowest BCUT2D eigenvalue weighted by Gasteiger charge is -2.32. The molecular weight excluding hydrogens is 507 g/mol. The Morgan fingerprint density at radius 2 is 2.00 bits per heavy atom. The van der Waals surface area contributed by atoms with Crippen LogP contribution in [0.2, 0.25) is 0 Å². The highest BCUT2D eigenvalue weighted by atomic mass is 79.9. The minimum Gasteiger partial charge on any atom is -0.457 e. The fourth-order valence-electron chi connectivity index (χ4n) is 3.68. The normalized spacial score (nSPS) is 17.1. The van der Waals surface area contributed by atoms with E-state index in [1.54, 1.807) is 17.1 Å². The minimum atomic E-state index is -0.643. The van der Waals surface area contributed by atoms with Gasteiger partial charge in [0, 0.05) is 21.0 Å². The zero-order valence-electron chi connectivity index (χ0n) is 17.7. The van der Waals surface area contributed by atoms with Crippen LogP contribution in [0.25, 0.3) is 17.0 Å². The number of hydrogen-bond acceptors (Lipinski definition) is 6. The Bertz CT molecular complexity index is 1370. The molecule has 0 spiro atoms.